The van der Waals surface area contributed by atoms with Gasteiger partial charge in [-0.25, -0.2) is 4.98 Å². The largest absolute Gasteiger partial charge is 0.369 e. The molecule has 0 saturated carbocycles. The zero-order valence-electron chi connectivity index (χ0n) is 14.8. The van der Waals surface area contributed by atoms with Crippen LogP contribution in [-0.2, 0) is 4.79 Å². The second-order valence-electron chi connectivity index (χ2n) is 6.51. The van der Waals surface area contributed by atoms with Crippen LogP contribution in [0.1, 0.15) is 6.92 Å². The maximum Gasteiger partial charge on any atom is 0.243 e. The Morgan fingerprint density at radius 2 is 1.73 bits per heavy atom. The Hall–Kier alpha value is -2.44. The third-order valence-electron chi connectivity index (χ3n) is 4.89. The van der Waals surface area contributed by atoms with Crippen LogP contribution in [0.2, 0.25) is 0 Å². The number of carbonyl (C=O) groups excluding carboxylic acids is 1. The summed E-state index contributed by atoms with van der Waals surface area (Å²) in [5.74, 6) is 0.0113. The third kappa shape index (κ3) is 3.57. The first-order valence-electron chi connectivity index (χ1n) is 8.91. The van der Waals surface area contributed by atoms with Crippen molar-refractivity contribution >= 4 is 38.3 Å². The molecule has 0 aliphatic carbocycles. The fourth-order valence-corrected chi connectivity index (χ4v) is 4.18. The summed E-state index contributed by atoms with van der Waals surface area (Å²) in [7, 11) is 0. The van der Waals surface area contributed by atoms with Crippen LogP contribution in [0.25, 0.3) is 10.2 Å². The molecule has 1 atom stereocenters. The van der Waals surface area contributed by atoms with Crippen molar-refractivity contribution in [2.24, 2.45) is 0 Å². The van der Waals surface area contributed by atoms with E-state index in [2.05, 4.69) is 44.4 Å². The highest BCUT2D eigenvalue weighted by Gasteiger charge is 2.26. The average molecular weight is 366 g/mol. The second-order valence-corrected chi connectivity index (χ2v) is 7.54. The highest BCUT2D eigenvalue weighted by molar-refractivity contribution is 7.22. The van der Waals surface area contributed by atoms with Crippen molar-refractivity contribution in [3.63, 3.8) is 0 Å². The predicted octanol–water partition coefficient (Wildman–Crippen LogP) is 3.45. The van der Waals surface area contributed by atoms with Crippen LogP contribution in [0.4, 0.5) is 10.8 Å². The number of nitrogens with one attached hydrogen (secondary N) is 1. The first kappa shape index (κ1) is 17.0. The number of aromatic nitrogens is 1. The van der Waals surface area contributed by atoms with Gasteiger partial charge in [-0.05, 0) is 31.2 Å². The summed E-state index contributed by atoms with van der Waals surface area (Å²) in [6.07, 6.45) is 0. The summed E-state index contributed by atoms with van der Waals surface area (Å²) in [4.78, 5) is 21.7. The number of hydrogen-bond donors (Lipinski definition) is 1. The van der Waals surface area contributed by atoms with E-state index in [4.69, 9.17) is 0 Å². The highest BCUT2D eigenvalue weighted by Crippen LogP contribution is 2.25. The van der Waals surface area contributed by atoms with Crippen LogP contribution < -0.4 is 10.2 Å². The van der Waals surface area contributed by atoms with E-state index in [9.17, 15) is 4.79 Å². The third-order valence-corrected chi connectivity index (χ3v) is 5.84. The number of rotatable bonds is 4. The van der Waals surface area contributed by atoms with Crippen LogP contribution in [0.3, 0.4) is 0 Å². The Bertz CT molecular complexity index is 854. The zero-order chi connectivity index (χ0) is 17.9. The first-order chi connectivity index (χ1) is 12.7. The summed E-state index contributed by atoms with van der Waals surface area (Å²) in [6, 6.07) is 18.2. The van der Waals surface area contributed by atoms with Gasteiger partial charge in [-0.15, -0.1) is 0 Å². The number of carbonyl (C=O) groups is 1. The molecule has 2 heterocycles. The van der Waals surface area contributed by atoms with Gasteiger partial charge >= 0.3 is 0 Å². The summed E-state index contributed by atoms with van der Waals surface area (Å²) < 4.78 is 1.09. The van der Waals surface area contributed by atoms with Gasteiger partial charge in [0.15, 0.2) is 5.13 Å². The molecule has 1 aliphatic heterocycles. The molecule has 3 aromatic rings. The number of anilines is 2. The number of piperazine rings is 1. The molecular weight excluding hydrogens is 344 g/mol. The Labute approximate surface area is 157 Å². The Morgan fingerprint density at radius 1 is 1.04 bits per heavy atom. The molecule has 5 nitrogen and oxygen atoms in total. The molecule has 6 heteroatoms. The van der Waals surface area contributed by atoms with Crippen molar-refractivity contribution in [3.05, 3.63) is 54.6 Å². The lowest BCUT2D eigenvalue weighted by molar-refractivity contribution is -0.120. The van der Waals surface area contributed by atoms with Crippen LogP contribution in [-0.4, -0.2) is 48.0 Å². The number of hydrogen-bond acceptors (Lipinski definition) is 5. The Morgan fingerprint density at radius 3 is 2.46 bits per heavy atom. The van der Waals surface area contributed by atoms with Crippen molar-refractivity contribution in [2.45, 2.75) is 13.0 Å². The second kappa shape index (κ2) is 7.43. The number of nitrogens with zero attached hydrogens (tertiary/aromatic N) is 3. The smallest absolute Gasteiger partial charge is 0.243 e. The molecule has 1 fully saturated rings. The van der Waals surface area contributed by atoms with Crippen molar-refractivity contribution in [2.75, 3.05) is 36.4 Å². The molecule has 26 heavy (non-hydrogen) atoms. The van der Waals surface area contributed by atoms with Crippen LogP contribution >= 0.6 is 11.3 Å². The summed E-state index contributed by atoms with van der Waals surface area (Å²) >= 11 is 1.52. The van der Waals surface area contributed by atoms with E-state index in [1.54, 1.807) is 0 Å². The fraction of sp³-hybridized carbons (Fsp3) is 0.300. The Kier molecular flexibility index (Phi) is 4.86. The van der Waals surface area contributed by atoms with E-state index in [1.165, 1.54) is 17.0 Å². The quantitative estimate of drug-likeness (QED) is 0.768. The summed E-state index contributed by atoms with van der Waals surface area (Å²) in [5, 5.41) is 3.66. The van der Waals surface area contributed by atoms with Crippen molar-refractivity contribution in [1.29, 1.82) is 0 Å². The zero-order valence-corrected chi connectivity index (χ0v) is 15.6. The maximum absolute atomic E-state index is 12.6. The number of amides is 1. The molecule has 1 aliphatic rings. The van der Waals surface area contributed by atoms with Gasteiger partial charge in [-0.3, -0.25) is 9.69 Å². The molecule has 1 aromatic heterocycles. The first-order valence-corrected chi connectivity index (χ1v) is 9.73. The van der Waals surface area contributed by atoms with Crippen LogP contribution in [0.15, 0.2) is 54.6 Å². The van der Waals surface area contributed by atoms with Gasteiger partial charge in [0.05, 0.1) is 16.3 Å². The minimum absolute atomic E-state index is 0.0113. The minimum atomic E-state index is -0.167. The van der Waals surface area contributed by atoms with E-state index in [-0.39, 0.29) is 11.9 Å². The minimum Gasteiger partial charge on any atom is -0.369 e. The van der Waals surface area contributed by atoms with Gasteiger partial charge in [-0.1, -0.05) is 41.7 Å². The van der Waals surface area contributed by atoms with E-state index in [1.807, 2.05) is 37.3 Å². The van der Waals surface area contributed by atoms with E-state index < -0.39 is 0 Å². The standard InChI is InChI=1S/C20H22N4OS/c1-15(19(25)22-20-21-17-9-5-6-10-18(17)26-20)23-11-13-24(14-12-23)16-7-3-2-4-8-16/h2-10,15H,11-14H2,1H3,(H,21,22,25)/t15-/m1/s1. The predicted molar refractivity (Wildman–Crippen MR) is 108 cm³/mol. The number of thiazole rings is 1. The van der Waals surface area contributed by atoms with E-state index >= 15 is 0 Å². The van der Waals surface area contributed by atoms with Crippen molar-refractivity contribution in [1.82, 2.24) is 9.88 Å². The molecule has 1 saturated heterocycles. The van der Waals surface area contributed by atoms with Crippen LogP contribution in [0, 0.1) is 0 Å². The van der Waals surface area contributed by atoms with Gasteiger partial charge in [0.1, 0.15) is 0 Å². The normalized spacial score (nSPS) is 16.6. The number of fused-ring (bicyclic) bond motifs is 1. The molecule has 1 amide bonds. The molecule has 1 N–H and O–H groups in total. The fourth-order valence-electron chi connectivity index (χ4n) is 3.31. The highest BCUT2D eigenvalue weighted by atomic mass is 32.1. The summed E-state index contributed by atoms with van der Waals surface area (Å²) in [5.41, 5.74) is 2.18. The molecule has 134 valence electrons. The van der Waals surface area contributed by atoms with Crippen molar-refractivity contribution in [3.8, 4) is 0 Å². The van der Waals surface area contributed by atoms with Crippen molar-refractivity contribution < 1.29 is 4.79 Å². The van der Waals surface area contributed by atoms with Gasteiger partial charge in [0, 0.05) is 31.9 Å². The molecule has 2 aromatic carbocycles. The van der Waals surface area contributed by atoms with Crippen LogP contribution in [0.5, 0.6) is 0 Å². The lowest BCUT2D eigenvalue weighted by Gasteiger charge is -2.38. The monoisotopic (exact) mass is 366 g/mol. The SMILES string of the molecule is C[C@H](C(=O)Nc1nc2ccccc2s1)N1CCN(c2ccccc2)CC1. The van der Waals surface area contributed by atoms with Gasteiger partial charge in [0.25, 0.3) is 0 Å². The number of para-hydroxylation sites is 2. The van der Waals surface area contributed by atoms with E-state index in [0.717, 1.165) is 36.4 Å². The molecule has 0 radical (unpaired) electrons. The molecule has 4 rings (SSSR count). The Balaban J connectivity index is 1.35. The topological polar surface area (TPSA) is 48.5 Å². The molecule has 0 spiro atoms. The molecule has 0 unspecified atom stereocenters. The van der Waals surface area contributed by atoms with Gasteiger partial charge in [0.2, 0.25) is 5.91 Å². The lowest BCUT2D eigenvalue weighted by atomic mass is 10.2. The van der Waals surface area contributed by atoms with Gasteiger partial charge < -0.3 is 10.2 Å². The maximum atomic E-state index is 12.6. The van der Waals surface area contributed by atoms with E-state index in [0.29, 0.717) is 5.13 Å². The molecule has 0 bridgehead atoms. The molecular formula is C20H22N4OS. The summed E-state index contributed by atoms with van der Waals surface area (Å²) in [6.45, 7) is 5.60. The number of benzene rings is 2. The van der Waals surface area contributed by atoms with Gasteiger partial charge in [-0.2, -0.15) is 0 Å². The lowest BCUT2D eigenvalue weighted by Crippen LogP contribution is -2.52. The average Bonchev–Trinajstić information content (AvgIpc) is 3.10.